The molecule has 2 heterocycles. The highest BCUT2D eigenvalue weighted by Crippen LogP contribution is 2.31. The van der Waals surface area contributed by atoms with Crippen LogP contribution in [0.1, 0.15) is 10.4 Å². The Morgan fingerprint density at radius 2 is 2.03 bits per heavy atom. The third-order valence-electron chi connectivity index (χ3n) is 4.99. The largest absolute Gasteiger partial charge is 0.490 e. The number of amides is 2. The molecule has 4 rings (SSSR count). The lowest BCUT2D eigenvalue weighted by Gasteiger charge is -2.25. The minimum absolute atomic E-state index is 0.0459. The fourth-order valence-electron chi connectivity index (χ4n) is 3.32. The fraction of sp³-hybridized carbons (Fsp3) is 0.286. The van der Waals surface area contributed by atoms with Gasteiger partial charge in [0.05, 0.1) is 42.0 Å². The van der Waals surface area contributed by atoms with Crippen LogP contribution in [0.2, 0.25) is 0 Å². The van der Waals surface area contributed by atoms with Gasteiger partial charge in [0.25, 0.3) is 5.91 Å². The number of morpholine rings is 1. The summed E-state index contributed by atoms with van der Waals surface area (Å²) in [4.78, 5) is 42.0. The summed E-state index contributed by atoms with van der Waals surface area (Å²) in [5, 5.41) is 17.2. The topological polar surface area (TPSA) is 136 Å². The predicted molar refractivity (Wildman–Crippen MR) is 123 cm³/mol. The molecule has 2 aromatic carbocycles. The van der Waals surface area contributed by atoms with E-state index in [-0.39, 0.29) is 23.5 Å². The SMILES string of the molecule is COc1ccc(C(=O)NCC(=O)Nc2ccc3nc(N4CCOCC4)sc3c2)cc1[N+](=O)[O-]. The summed E-state index contributed by atoms with van der Waals surface area (Å²) in [5.74, 6) is -0.989. The lowest BCUT2D eigenvalue weighted by atomic mass is 10.1. The molecule has 0 unspecified atom stereocenters. The third-order valence-corrected chi connectivity index (χ3v) is 6.07. The van der Waals surface area contributed by atoms with Crippen LogP contribution in [0.25, 0.3) is 10.2 Å². The highest BCUT2D eigenvalue weighted by atomic mass is 32.1. The van der Waals surface area contributed by atoms with Gasteiger partial charge in [0, 0.05) is 30.4 Å². The lowest BCUT2D eigenvalue weighted by molar-refractivity contribution is -0.385. The second kappa shape index (κ2) is 9.79. The molecule has 12 heteroatoms. The average molecular weight is 471 g/mol. The van der Waals surface area contributed by atoms with Crippen LogP contribution in [0, 0.1) is 10.1 Å². The van der Waals surface area contributed by atoms with E-state index in [1.165, 1.54) is 19.2 Å². The van der Waals surface area contributed by atoms with Crippen LogP contribution in [-0.2, 0) is 9.53 Å². The molecule has 1 aromatic heterocycles. The van der Waals surface area contributed by atoms with Crippen molar-refractivity contribution in [1.82, 2.24) is 10.3 Å². The van der Waals surface area contributed by atoms with Gasteiger partial charge in [-0.05, 0) is 30.3 Å². The second-order valence-corrected chi connectivity index (χ2v) is 8.16. The average Bonchev–Trinajstić information content (AvgIpc) is 3.26. The van der Waals surface area contributed by atoms with E-state index in [2.05, 4.69) is 20.5 Å². The van der Waals surface area contributed by atoms with Crippen molar-refractivity contribution in [2.75, 3.05) is 50.2 Å². The zero-order valence-electron chi connectivity index (χ0n) is 17.7. The van der Waals surface area contributed by atoms with E-state index in [9.17, 15) is 19.7 Å². The monoisotopic (exact) mass is 471 g/mol. The Morgan fingerprint density at radius 1 is 1.24 bits per heavy atom. The number of ether oxygens (including phenoxy) is 2. The first-order chi connectivity index (χ1) is 15.9. The first-order valence-electron chi connectivity index (χ1n) is 10.1. The van der Waals surface area contributed by atoms with E-state index in [1.807, 2.05) is 12.1 Å². The number of carbonyl (C=O) groups excluding carboxylic acids is 2. The van der Waals surface area contributed by atoms with E-state index < -0.39 is 16.7 Å². The molecule has 0 bridgehead atoms. The number of hydrogen-bond donors (Lipinski definition) is 2. The maximum absolute atomic E-state index is 12.3. The molecule has 11 nitrogen and oxygen atoms in total. The number of rotatable bonds is 7. The van der Waals surface area contributed by atoms with Gasteiger partial charge < -0.3 is 25.0 Å². The van der Waals surface area contributed by atoms with E-state index in [1.54, 1.807) is 17.4 Å². The standard InChI is InChI=1S/C21H21N5O6S/c1-31-17-5-2-13(10-16(17)26(29)30)20(28)22-12-19(27)23-14-3-4-15-18(11-14)33-21(24-15)25-6-8-32-9-7-25/h2-5,10-11H,6-9,12H2,1H3,(H,22,28)(H,23,27). The molecule has 1 aliphatic rings. The van der Waals surface area contributed by atoms with E-state index in [4.69, 9.17) is 9.47 Å². The van der Waals surface area contributed by atoms with Crippen LogP contribution in [0.3, 0.4) is 0 Å². The van der Waals surface area contributed by atoms with Crippen LogP contribution >= 0.6 is 11.3 Å². The van der Waals surface area contributed by atoms with E-state index >= 15 is 0 Å². The van der Waals surface area contributed by atoms with Crippen molar-refractivity contribution in [1.29, 1.82) is 0 Å². The Hall–Kier alpha value is -3.77. The molecule has 0 aliphatic carbocycles. The van der Waals surface area contributed by atoms with Gasteiger partial charge in [0.15, 0.2) is 10.9 Å². The summed E-state index contributed by atoms with van der Waals surface area (Å²) >= 11 is 1.54. The molecule has 0 radical (unpaired) electrons. The predicted octanol–water partition coefficient (Wildman–Crippen LogP) is 2.42. The molecule has 0 atom stereocenters. The van der Waals surface area contributed by atoms with E-state index in [0.717, 1.165) is 34.5 Å². The number of benzene rings is 2. The summed E-state index contributed by atoms with van der Waals surface area (Å²) in [5.41, 5.74) is 1.15. The number of aromatic nitrogens is 1. The summed E-state index contributed by atoms with van der Waals surface area (Å²) in [6.07, 6.45) is 0. The van der Waals surface area contributed by atoms with Gasteiger partial charge >= 0.3 is 5.69 Å². The minimum Gasteiger partial charge on any atom is -0.490 e. The number of hydrogen-bond acceptors (Lipinski definition) is 9. The zero-order chi connectivity index (χ0) is 23.4. The quantitative estimate of drug-likeness (QED) is 0.396. The number of nitrogens with zero attached hydrogens (tertiary/aromatic N) is 3. The maximum Gasteiger partial charge on any atom is 0.311 e. The normalized spacial score (nSPS) is 13.5. The number of nitro benzene ring substituents is 1. The Morgan fingerprint density at radius 3 is 2.76 bits per heavy atom. The molecule has 1 fully saturated rings. The molecule has 33 heavy (non-hydrogen) atoms. The Bertz CT molecular complexity index is 1210. The minimum atomic E-state index is -0.637. The molecule has 3 aromatic rings. The van der Waals surface area contributed by atoms with Crippen molar-refractivity contribution in [2.24, 2.45) is 0 Å². The fourth-order valence-corrected chi connectivity index (χ4v) is 4.38. The first kappa shape index (κ1) is 22.4. The molecule has 2 N–H and O–H groups in total. The van der Waals surface area contributed by atoms with Crippen LogP contribution in [-0.4, -0.2) is 61.7 Å². The van der Waals surface area contributed by atoms with Crippen molar-refractivity contribution in [2.45, 2.75) is 0 Å². The highest BCUT2D eigenvalue weighted by Gasteiger charge is 2.19. The van der Waals surface area contributed by atoms with Crippen molar-refractivity contribution in [3.63, 3.8) is 0 Å². The molecular weight excluding hydrogens is 450 g/mol. The Balaban J connectivity index is 1.37. The van der Waals surface area contributed by atoms with Crippen molar-refractivity contribution in [3.8, 4) is 5.75 Å². The van der Waals surface area contributed by atoms with Gasteiger partial charge in [-0.2, -0.15) is 0 Å². The zero-order valence-corrected chi connectivity index (χ0v) is 18.5. The molecule has 172 valence electrons. The van der Waals surface area contributed by atoms with Crippen LogP contribution in [0.15, 0.2) is 36.4 Å². The Labute approximate surface area is 192 Å². The first-order valence-corrected chi connectivity index (χ1v) is 10.9. The van der Waals surface area contributed by atoms with Crippen LogP contribution < -0.4 is 20.3 Å². The van der Waals surface area contributed by atoms with Gasteiger partial charge in [-0.25, -0.2) is 4.98 Å². The molecular formula is C21H21N5O6S. The number of nitrogens with one attached hydrogen (secondary N) is 2. The lowest BCUT2D eigenvalue weighted by Crippen LogP contribution is -2.36. The third kappa shape index (κ3) is 5.18. The van der Waals surface area contributed by atoms with Crippen LogP contribution in [0.5, 0.6) is 5.75 Å². The van der Waals surface area contributed by atoms with E-state index in [0.29, 0.717) is 18.9 Å². The summed E-state index contributed by atoms with van der Waals surface area (Å²) in [7, 11) is 1.31. The number of fused-ring (bicyclic) bond motifs is 1. The number of nitro groups is 1. The summed E-state index contributed by atoms with van der Waals surface area (Å²) in [6.45, 7) is 2.64. The number of thiazole rings is 1. The van der Waals surface area contributed by atoms with Gasteiger partial charge in [-0.3, -0.25) is 19.7 Å². The molecule has 1 aliphatic heterocycles. The van der Waals surface area contributed by atoms with Crippen LogP contribution in [0.4, 0.5) is 16.5 Å². The molecule has 0 saturated carbocycles. The van der Waals surface area contributed by atoms with Gasteiger partial charge in [-0.1, -0.05) is 11.3 Å². The van der Waals surface area contributed by atoms with Gasteiger partial charge in [-0.15, -0.1) is 0 Å². The van der Waals surface area contributed by atoms with Gasteiger partial charge in [0.1, 0.15) is 0 Å². The van der Waals surface area contributed by atoms with Crippen molar-refractivity contribution >= 4 is 49.9 Å². The molecule has 1 saturated heterocycles. The molecule has 0 spiro atoms. The second-order valence-electron chi connectivity index (χ2n) is 7.15. The molecule has 2 amide bonds. The maximum atomic E-state index is 12.3. The van der Waals surface area contributed by atoms with Crippen molar-refractivity contribution in [3.05, 3.63) is 52.1 Å². The van der Waals surface area contributed by atoms with Crippen molar-refractivity contribution < 1.29 is 24.0 Å². The summed E-state index contributed by atoms with van der Waals surface area (Å²) < 4.78 is 11.2. The smallest absolute Gasteiger partial charge is 0.311 e. The highest BCUT2D eigenvalue weighted by molar-refractivity contribution is 7.22. The number of carbonyl (C=O) groups is 2. The number of anilines is 2. The van der Waals surface area contributed by atoms with Gasteiger partial charge in [0.2, 0.25) is 5.91 Å². The summed E-state index contributed by atoms with van der Waals surface area (Å²) in [6, 6.07) is 9.25. The Kier molecular flexibility index (Phi) is 6.66. The number of methoxy groups -OCH3 is 1.